The zero-order valence-corrected chi connectivity index (χ0v) is 15.9. The van der Waals surface area contributed by atoms with Crippen molar-refractivity contribution in [3.63, 3.8) is 0 Å². The Morgan fingerprint density at radius 3 is 2.67 bits per heavy atom. The van der Waals surface area contributed by atoms with Gasteiger partial charge >= 0.3 is 0 Å². The quantitative estimate of drug-likeness (QED) is 0.711. The molecule has 1 heterocycles. The van der Waals surface area contributed by atoms with E-state index in [1.807, 2.05) is 24.3 Å². The van der Waals surface area contributed by atoms with Crippen LogP contribution in [0, 0.1) is 5.82 Å². The second-order valence-electron chi connectivity index (χ2n) is 6.53. The minimum Gasteiger partial charge on any atom is -0.392 e. The van der Waals surface area contributed by atoms with E-state index in [9.17, 15) is 17.9 Å². The third kappa shape index (κ3) is 2.98. The molecule has 0 unspecified atom stereocenters. The van der Waals surface area contributed by atoms with E-state index in [1.165, 1.54) is 16.2 Å². The normalized spacial score (nSPS) is 13.7. The summed E-state index contributed by atoms with van der Waals surface area (Å²) in [4.78, 5) is -0.0992. The molecular formula is C20H17ClFNO3S. The molecule has 4 rings (SSSR count). The zero-order chi connectivity index (χ0) is 19.2. The SMILES string of the molecule is O=S(=O)(c1ccc(F)c(Cl)c1)n1cc(CO)c2c1-c1ccccc1CCC2. The van der Waals surface area contributed by atoms with Crippen LogP contribution in [0.2, 0.25) is 5.02 Å². The summed E-state index contributed by atoms with van der Waals surface area (Å²) < 4.78 is 41.3. The second-order valence-corrected chi connectivity index (χ2v) is 8.75. The highest BCUT2D eigenvalue weighted by atomic mass is 35.5. The van der Waals surface area contributed by atoms with Crippen molar-refractivity contribution in [1.29, 1.82) is 0 Å². The standard InChI is InChI=1S/C20H17ClFNO3S/c21-18-10-15(8-9-19(18)22)27(25,26)23-11-14(12-24)17-7-3-5-13-4-1-2-6-16(13)20(17)23/h1-2,4,6,8-11,24H,3,5,7,12H2. The third-order valence-corrected chi connectivity index (χ3v) is 6.88. The highest BCUT2D eigenvalue weighted by Gasteiger charge is 2.28. The predicted molar refractivity (Wildman–Crippen MR) is 102 cm³/mol. The number of benzene rings is 2. The van der Waals surface area contributed by atoms with Gasteiger partial charge < -0.3 is 5.11 Å². The molecule has 0 fully saturated rings. The summed E-state index contributed by atoms with van der Waals surface area (Å²) in [5.74, 6) is -0.677. The van der Waals surface area contributed by atoms with Crippen LogP contribution in [0.25, 0.3) is 11.3 Å². The summed E-state index contributed by atoms with van der Waals surface area (Å²) in [7, 11) is -4.01. The lowest BCUT2D eigenvalue weighted by Gasteiger charge is -2.14. The predicted octanol–water partition coefficient (Wildman–Crippen LogP) is 4.17. The Kier molecular flexibility index (Phi) is 4.58. The molecule has 0 amide bonds. The first kappa shape index (κ1) is 18.2. The van der Waals surface area contributed by atoms with Crippen molar-refractivity contribution in [2.45, 2.75) is 30.8 Å². The Morgan fingerprint density at radius 1 is 1.15 bits per heavy atom. The monoisotopic (exact) mass is 405 g/mol. The fourth-order valence-electron chi connectivity index (χ4n) is 3.63. The van der Waals surface area contributed by atoms with Crippen LogP contribution in [-0.4, -0.2) is 17.5 Å². The summed E-state index contributed by atoms with van der Waals surface area (Å²) in [6.45, 7) is -0.253. The van der Waals surface area contributed by atoms with Crippen LogP contribution >= 0.6 is 11.6 Å². The molecule has 1 aliphatic rings. The molecule has 3 aromatic rings. The van der Waals surface area contributed by atoms with E-state index < -0.39 is 15.8 Å². The molecule has 140 valence electrons. The maximum absolute atomic E-state index is 13.5. The molecule has 0 saturated carbocycles. The fraction of sp³-hybridized carbons (Fsp3) is 0.200. The highest BCUT2D eigenvalue weighted by molar-refractivity contribution is 7.90. The van der Waals surface area contributed by atoms with Gasteiger partial charge in [0, 0.05) is 17.3 Å². The molecule has 0 spiro atoms. The molecule has 0 radical (unpaired) electrons. The van der Waals surface area contributed by atoms with Gasteiger partial charge in [0.25, 0.3) is 10.0 Å². The van der Waals surface area contributed by atoms with Gasteiger partial charge in [-0.05, 0) is 48.6 Å². The molecule has 2 aromatic carbocycles. The number of hydrogen-bond donors (Lipinski definition) is 1. The van der Waals surface area contributed by atoms with Crippen molar-refractivity contribution < 1.29 is 17.9 Å². The molecule has 1 N–H and O–H groups in total. The topological polar surface area (TPSA) is 59.3 Å². The molecule has 0 saturated heterocycles. The van der Waals surface area contributed by atoms with Gasteiger partial charge in [-0.3, -0.25) is 0 Å². The Hall–Kier alpha value is -2.15. The summed E-state index contributed by atoms with van der Waals surface area (Å²) in [6.07, 6.45) is 3.83. The maximum atomic E-state index is 13.5. The first-order valence-corrected chi connectivity index (χ1v) is 10.4. The van der Waals surface area contributed by atoms with Crippen LogP contribution in [0.5, 0.6) is 0 Å². The number of halogens is 2. The number of aromatic nitrogens is 1. The van der Waals surface area contributed by atoms with Crippen LogP contribution in [0.1, 0.15) is 23.1 Å². The summed E-state index contributed by atoms with van der Waals surface area (Å²) in [5, 5.41) is 9.53. The molecule has 27 heavy (non-hydrogen) atoms. The van der Waals surface area contributed by atoms with Crippen molar-refractivity contribution >= 4 is 21.6 Å². The third-order valence-electron chi connectivity index (χ3n) is 4.93. The van der Waals surface area contributed by atoms with Gasteiger partial charge in [-0.15, -0.1) is 0 Å². The van der Waals surface area contributed by atoms with E-state index in [1.54, 1.807) is 0 Å². The van der Waals surface area contributed by atoms with Gasteiger partial charge in [0.05, 0.1) is 22.2 Å². The smallest absolute Gasteiger partial charge is 0.268 e. The van der Waals surface area contributed by atoms with E-state index in [0.717, 1.165) is 41.7 Å². The number of nitrogens with zero attached hydrogens (tertiary/aromatic N) is 1. The minimum atomic E-state index is -4.01. The average molecular weight is 406 g/mol. The van der Waals surface area contributed by atoms with Gasteiger partial charge in [-0.2, -0.15) is 0 Å². The Bertz CT molecular complexity index is 1140. The van der Waals surface area contributed by atoms with Crippen molar-refractivity contribution in [2.24, 2.45) is 0 Å². The Morgan fingerprint density at radius 2 is 1.93 bits per heavy atom. The number of hydrogen-bond acceptors (Lipinski definition) is 3. The van der Waals surface area contributed by atoms with Crippen molar-refractivity contribution in [3.8, 4) is 11.3 Å². The van der Waals surface area contributed by atoms with Gasteiger partial charge in [-0.25, -0.2) is 16.8 Å². The second kappa shape index (κ2) is 6.78. The maximum Gasteiger partial charge on any atom is 0.268 e. The number of aryl methyl sites for hydroxylation is 1. The molecule has 4 nitrogen and oxygen atoms in total. The first-order chi connectivity index (χ1) is 12.9. The summed E-state index contributed by atoms with van der Waals surface area (Å²) in [6, 6.07) is 11.0. The van der Waals surface area contributed by atoms with Gasteiger partial charge in [-0.1, -0.05) is 35.9 Å². The average Bonchev–Trinajstić information content (AvgIpc) is 2.93. The van der Waals surface area contributed by atoms with E-state index in [4.69, 9.17) is 11.6 Å². The van der Waals surface area contributed by atoms with Crippen molar-refractivity contribution in [3.05, 3.63) is 76.2 Å². The number of aliphatic hydroxyl groups excluding tert-OH is 1. The largest absolute Gasteiger partial charge is 0.392 e. The number of aliphatic hydroxyl groups is 1. The van der Waals surface area contributed by atoms with Gasteiger partial charge in [0.2, 0.25) is 0 Å². The van der Waals surface area contributed by atoms with E-state index in [0.29, 0.717) is 17.7 Å². The van der Waals surface area contributed by atoms with Gasteiger partial charge in [0.15, 0.2) is 0 Å². The first-order valence-electron chi connectivity index (χ1n) is 8.56. The lowest BCUT2D eigenvalue weighted by molar-refractivity contribution is 0.281. The molecule has 0 bridgehead atoms. The summed E-state index contributed by atoms with van der Waals surface area (Å²) in [5.41, 5.74) is 3.87. The number of rotatable bonds is 3. The van der Waals surface area contributed by atoms with Crippen LogP contribution < -0.4 is 0 Å². The lowest BCUT2D eigenvalue weighted by atomic mass is 10.0. The fourth-order valence-corrected chi connectivity index (χ4v) is 5.33. The summed E-state index contributed by atoms with van der Waals surface area (Å²) >= 11 is 5.80. The molecule has 1 aliphatic carbocycles. The Labute approximate surface area is 161 Å². The van der Waals surface area contributed by atoms with Crippen LogP contribution in [0.15, 0.2) is 53.6 Å². The molecular weight excluding hydrogens is 389 g/mol. The van der Waals surface area contributed by atoms with E-state index in [-0.39, 0.29) is 16.5 Å². The van der Waals surface area contributed by atoms with Crippen LogP contribution in [0.4, 0.5) is 4.39 Å². The van der Waals surface area contributed by atoms with Crippen molar-refractivity contribution in [2.75, 3.05) is 0 Å². The molecule has 0 atom stereocenters. The van der Waals surface area contributed by atoms with E-state index >= 15 is 0 Å². The zero-order valence-electron chi connectivity index (χ0n) is 14.3. The van der Waals surface area contributed by atoms with Crippen LogP contribution in [0.3, 0.4) is 0 Å². The van der Waals surface area contributed by atoms with Crippen molar-refractivity contribution in [1.82, 2.24) is 3.97 Å². The van der Waals surface area contributed by atoms with E-state index in [2.05, 4.69) is 0 Å². The molecule has 7 heteroatoms. The lowest BCUT2D eigenvalue weighted by Crippen LogP contribution is -2.14. The molecule has 0 aliphatic heterocycles. The van der Waals surface area contributed by atoms with Crippen LogP contribution in [-0.2, 0) is 29.5 Å². The number of fused-ring (bicyclic) bond motifs is 3. The highest BCUT2D eigenvalue weighted by Crippen LogP contribution is 2.38. The van der Waals surface area contributed by atoms with Gasteiger partial charge in [0.1, 0.15) is 5.82 Å². The molecule has 1 aromatic heterocycles. The Balaban J connectivity index is 2.01. The minimum absolute atomic E-state index is 0.0992.